The molecule has 0 aromatic heterocycles. The fourth-order valence-corrected chi connectivity index (χ4v) is 2.12. The van der Waals surface area contributed by atoms with Crippen molar-refractivity contribution < 1.29 is 4.39 Å². The molecule has 0 amide bonds. The largest absolute Gasteiger partial charge is 0.314 e. The molecule has 0 bridgehead atoms. The molecule has 0 aliphatic carbocycles. The standard InChI is InChI=1S/C14H22FN/c1-4-7-14(16-5-2)11(3)12-8-6-9-13(15)10-12/h6,8-11,14,16H,4-5,7H2,1-3H3. The van der Waals surface area contributed by atoms with Crippen LogP contribution < -0.4 is 5.32 Å². The van der Waals surface area contributed by atoms with Crippen molar-refractivity contribution in [3.8, 4) is 0 Å². The minimum Gasteiger partial charge on any atom is -0.314 e. The average Bonchev–Trinajstić information content (AvgIpc) is 2.28. The van der Waals surface area contributed by atoms with E-state index in [-0.39, 0.29) is 5.82 Å². The average molecular weight is 223 g/mol. The Morgan fingerprint density at radius 2 is 2.06 bits per heavy atom. The lowest BCUT2D eigenvalue weighted by atomic mass is 9.90. The first-order chi connectivity index (χ1) is 7.69. The van der Waals surface area contributed by atoms with Crippen LogP contribution in [0.5, 0.6) is 0 Å². The summed E-state index contributed by atoms with van der Waals surface area (Å²) in [4.78, 5) is 0. The molecule has 0 saturated carbocycles. The minimum atomic E-state index is -0.143. The second-order valence-corrected chi connectivity index (χ2v) is 4.30. The lowest BCUT2D eigenvalue weighted by Gasteiger charge is -2.24. The highest BCUT2D eigenvalue weighted by Gasteiger charge is 2.17. The third-order valence-corrected chi connectivity index (χ3v) is 3.04. The third kappa shape index (κ3) is 3.60. The molecule has 2 heteroatoms. The normalized spacial score (nSPS) is 14.8. The van der Waals surface area contributed by atoms with Gasteiger partial charge < -0.3 is 5.32 Å². The molecule has 0 heterocycles. The van der Waals surface area contributed by atoms with Gasteiger partial charge >= 0.3 is 0 Å². The van der Waals surface area contributed by atoms with Gasteiger partial charge in [0.05, 0.1) is 0 Å². The summed E-state index contributed by atoms with van der Waals surface area (Å²) in [7, 11) is 0. The predicted molar refractivity (Wildman–Crippen MR) is 67.2 cm³/mol. The van der Waals surface area contributed by atoms with E-state index in [9.17, 15) is 4.39 Å². The number of nitrogens with one attached hydrogen (secondary N) is 1. The Balaban J connectivity index is 2.76. The van der Waals surface area contributed by atoms with Crippen molar-refractivity contribution >= 4 is 0 Å². The molecule has 1 N–H and O–H groups in total. The molecule has 0 aliphatic heterocycles. The van der Waals surface area contributed by atoms with E-state index in [2.05, 4.69) is 26.1 Å². The van der Waals surface area contributed by atoms with Gasteiger partial charge in [-0.15, -0.1) is 0 Å². The summed E-state index contributed by atoms with van der Waals surface area (Å²) in [5.41, 5.74) is 1.08. The topological polar surface area (TPSA) is 12.0 Å². The molecule has 1 aromatic carbocycles. The van der Waals surface area contributed by atoms with E-state index in [0.29, 0.717) is 12.0 Å². The lowest BCUT2D eigenvalue weighted by Crippen LogP contribution is -2.33. The second kappa shape index (κ2) is 6.64. The molecule has 0 fully saturated rings. The summed E-state index contributed by atoms with van der Waals surface area (Å²) < 4.78 is 13.1. The molecular weight excluding hydrogens is 201 g/mol. The smallest absolute Gasteiger partial charge is 0.123 e. The Morgan fingerprint density at radius 3 is 2.62 bits per heavy atom. The molecule has 16 heavy (non-hydrogen) atoms. The van der Waals surface area contributed by atoms with Crippen molar-refractivity contribution in [1.29, 1.82) is 0 Å². The molecule has 2 unspecified atom stereocenters. The summed E-state index contributed by atoms with van der Waals surface area (Å²) in [6, 6.07) is 7.38. The maximum Gasteiger partial charge on any atom is 0.123 e. The maximum atomic E-state index is 13.1. The van der Waals surface area contributed by atoms with Crippen LogP contribution in [0.25, 0.3) is 0 Å². The SMILES string of the molecule is CCCC(NCC)C(C)c1cccc(F)c1. The first kappa shape index (κ1) is 13.2. The molecule has 1 rings (SSSR count). The summed E-state index contributed by atoms with van der Waals surface area (Å²) in [5.74, 6) is 0.215. The molecule has 1 aromatic rings. The van der Waals surface area contributed by atoms with Crippen molar-refractivity contribution in [3.05, 3.63) is 35.6 Å². The van der Waals surface area contributed by atoms with Crippen LogP contribution in [0.1, 0.15) is 45.1 Å². The van der Waals surface area contributed by atoms with Gasteiger partial charge in [0, 0.05) is 6.04 Å². The lowest BCUT2D eigenvalue weighted by molar-refractivity contribution is 0.428. The van der Waals surface area contributed by atoms with Crippen LogP contribution in [-0.2, 0) is 0 Å². The Kier molecular flexibility index (Phi) is 5.47. The van der Waals surface area contributed by atoms with Gasteiger partial charge in [0.25, 0.3) is 0 Å². The summed E-state index contributed by atoms with van der Waals surface area (Å²) in [6.45, 7) is 7.42. The summed E-state index contributed by atoms with van der Waals surface area (Å²) in [5, 5.41) is 3.48. The fourth-order valence-electron chi connectivity index (χ4n) is 2.12. The van der Waals surface area contributed by atoms with E-state index >= 15 is 0 Å². The van der Waals surface area contributed by atoms with E-state index in [1.807, 2.05) is 6.07 Å². The van der Waals surface area contributed by atoms with E-state index in [1.165, 1.54) is 6.07 Å². The van der Waals surface area contributed by atoms with Gasteiger partial charge in [-0.2, -0.15) is 0 Å². The minimum absolute atomic E-state index is 0.143. The molecule has 0 saturated heterocycles. The van der Waals surface area contributed by atoms with Crippen molar-refractivity contribution in [3.63, 3.8) is 0 Å². The van der Waals surface area contributed by atoms with E-state index in [0.717, 1.165) is 24.9 Å². The third-order valence-electron chi connectivity index (χ3n) is 3.04. The highest BCUT2D eigenvalue weighted by atomic mass is 19.1. The first-order valence-electron chi connectivity index (χ1n) is 6.17. The molecule has 0 radical (unpaired) electrons. The van der Waals surface area contributed by atoms with Gasteiger partial charge in [-0.3, -0.25) is 0 Å². The van der Waals surface area contributed by atoms with Gasteiger partial charge in [-0.25, -0.2) is 4.39 Å². The number of hydrogen-bond donors (Lipinski definition) is 1. The van der Waals surface area contributed by atoms with Crippen LogP contribution in [0.3, 0.4) is 0 Å². The molecule has 0 spiro atoms. The quantitative estimate of drug-likeness (QED) is 0.775. The number of likely N-dealkylation sites (N-methyl/N-ethyl adjacent to an activating group) is 1. The van der Waals surface area contributed by atoms with Crippen LogP contribution in [0.2, 0.25) is 0 Å². The van der Waals surface area contributed by atoms with Crippen LogP contribution in [0, 0.1) is 5.82 Å². The van der Waals surface area contributed by atoms with Crippen LogP contribution in [0.4, 0.5) is 4.39 Å². The van der Waals surface area contributed by atoms with Crippen LogP contribution >= 0.6 is 0 Å². The van der Waals surface area contributed by atoms with Crippen LogP contribution in [-0.4, -0.2) is 12.6 Å². The highest BCUT2D eigenvalue weighted by Crippen LogP contribution is 2.22. The molecule has 2 atom stereocenters. The zero-order chi connectivity index (χ0) is 12.0. The Morgan fingerprint density at radius 1 is 1.31 bits per heavy atom. The van der Waals surface area contributed by atoms with Crippen LogP contribution in [0.15, 0.2) is 24.3 Å². The van der Waals surface area contributed by atoms with Crippen molar-refractivity contribution in [2.45, 2.75) is 45.6 Å². The monoisotopic (exact) mass is 223 g/mol. The second-order valence-electron chi connectivity index (χ2n) is 4.30. The zero-order valence-corrected chi connectivity index (χ0v) is 10.5. The van der Waals surface area contributed by atoms with Crippen molar-refractivity contribution in [1.82, 2.24) is 5.32 Å². The van der Waals surface area contributed by atoms with Crippen molar-refractivity contribution in [2.24, 2.45) is 0 Å². The van der Waals surface area contributed by atoms with Gasteiger partial charge in [-0.05, 0) is 36.6 Å². The highest BCUT2D eigenvalue weighted by molar-refractivity contribution is 5.21. The van der Waals surface area contributed by atoms with E-state index in [1.54, 1.807) is 12.1 Å². The molecule has 90 valence electrons. The van der Waals surface area contributed by atoms with E-state index < -0.39 is 0 Å². The Hall–Kier alpha value is -0.890. The molecule has 0 aliphatic rings. The number of benzene rings is 1. The maximum absolute atomic E-state index is 13.1. The Labute approximate surface area is 98.1 Å². The zero-order valence-electron chi connectivity index (χ0n) is 10.5. The molecular formula is C14H22FN. The first-order valence-corrected chi connectivity index (χ1v) is 6.17. The number of halogens is 1. The number of rotatable bonds is 6. The van der Waals surface area contributed by atoms with E-state index in [4.69, 9.17) is 0 Å². The fraction of sp³-hybridized carbons (Fsp3) is 0.571. The predicted octanol–water partition coefficient (Wildman–Crippen LogP) is 3.71. The van der Waals surface area contributed by atoms with Crippen molar-refractivity contribution in [2.75, 3.05) is 6.54 Å². The summed E-state index contributed by atoms with van der Waals surface area (Å²) in [6.07, 6.45) is 2.28. The van der Waals surface area contributed by atoms with Gasteiger partial charge in [0.2, 0.25) is 0 Å². The molecule has 1 nitrogen and oxygen atoms in total. The van der Waals surface area contributed by atoms with Gasteiger partial charge in [0.15, 0.2) is 0 Å². The Bertz CT molecular complexity index is 305. The van der Waals surface area contributed by atoms with Gasteiger partial charge in [0.1, 0.15) is 5.82 Å². The summed E-state index contributed by atoms with van der Waals surface area (Å²) >= 11 is 0. The number of hydrogen-bond acceptors (Lipinski definition) is 1. The van der Waals surface area contributed by atoms with Gasteiger partial charge in [-0.1, -0.05) is 39.3 Å².